The summed E-state index contributed by atoms with van der Waals surface area (Å²) in [5, 5.41) is 6.89. The molecular weight excluding hydrogens is 270 g/mol. The average molecular weight is 287 g/mol. The summed E-state index contributed by atoms with van der Waals surface area (Å²) in [7, 11) is 0. The largest absolute Gasteiger partial charge is 0.378 e. The molecule has 7 heteroatoms. The van der Waals surface area contributed by atoms with Crippen LogP contribution in [0.4, 0.5) is 0 Å². The van der Waals surface area contributed by atoms with Gasteiger partial charge in [0.1, 0.15) is 12.7 Å². The van der Waals surface area contributed by atoms with Crippen LogP contribution in [-0.4, -0.2) is 38.4 Å². The van der Waals surface area contributed by atoms with E-state index < -0.39 is 0 Å². The predicted octanol–water partition coefficient (Wildman–Crippen LogP) is 0.848. The van der Waals surface area contributed by atoms with Crippen molar-refractivity contribution in [1.82, 2.24) is 25.1 Å². The summed E-state index contributed by atoms with van der Waals surface area (Å²) in [4.78, 5) is 20.0. The Labute approximate surface area is 122 Å². The van der Waals surface area contributed by atoms with Crippen LogP contribution in [0.5, 0.6) is 0 Å². The van der Waals surface area contributed by atoms with E-state index >= 15 is 0 Å². The molecular formula is C14H17N5O2. The number of pyridine rings is 1. The molecule has 0 aliphatic carbocycles. The number of aromatic nitrogens is 4. The van der Waals surface area contributed by atoms with Crippen molar-refractivity contribution in [1.29, 1.82) is 0 Å². The second-order valence-electron chi connectivity index (χ2n) is 4.98. The van der Waals surface area contributed by atoms with E-state index in [4.69, 9.17) is 4.74 Å². The van der Waals surface area contributed by atoms with Crippen LogP contribution < -0.4 is 5.32 Å². The molecule has 21 heavy (non-hydrogen) atoms. The molecule has 0 saturated carbocycles. The number of hydrogen-bond acceptors (Lipinski definition) is 5. The van der Waals surface area contributed by atoms with Crippen molar-refractivity contribution < 1.29 is 9.53 Å². The Balaban J connectivity index is 1.50. The third-order valence-electron chi connectivity index (χ3n) is 3.39. The minimum Gasteiger partial charge on any atom is -0.378 e. The van der Waals surface area contributed by atoms with Crippen molar-refractivity contribution in [2.24, 2.45) is 0 Å². The third kappa shape index (κ3) is 3.63. The third-order valence-corrected chi connectivity index (χ3v) is 3.39. The fourth-order valence-corrected chi connectivity index (χ4v) is 2.27. The zero-order valence-electron chi connectivity index (χ0n) is 11.6. The Morgan fingerprint density at radius 3 is 3.10 bits per heavy atom. The van der Waals surface area contributed by atoms with Gasteiger partial charge in [0.15, 0.2) is 5.82 Å². The molecule has 0 bridgehead atoms. The Morgan fingerprint density at radius 1 is 1.48 bits per heavy atom. The van der Waals surface area contributed by atoms with Crippen molar-refractivity contribution in [2.75, 3.05) is 6.61 Å². The summed E-state index contributed by atoms with van der Waals surface area (Å²) < 4.78 is 7.03. The van der Waals surface area contributed by atoms with E-state index in [1.807, 2.05) is 12.1 Å². The van der Waals surface area contributed by atoms with E-state index in [0.29, 0.717) is 18.8 Å². The summed E-state index contributed by atoms with van der Waals surface area (Å²) in [6.07, 6.45) is 7.31. The van der Waals surface area contributed by atoms with Crippen LogP contribution in [0.1, 0.15) is 24.8 Å². The minimum atomic E-state index is 0.0160. The highest BCUT2D eigenvalue weighted by Crippen LogP contribution is 2.15. The van der Waals surface area contributed by atoms with Gasteiger partial charge in [-0.05, 0) is 24.5 Å². The topological polar surface area (TPSA) is 81.9 Å². The van der Waals surface area contributed by atoms with Crippen LogP contribution in [0.25, 0.3) is 5.82 Å². The summed E-state index contributed by atoms with van der Waals surface area (Å²) in [5.41, 5.74) is 0.944. The highest BCUT2D eigenvalue weighted by atomic mass is 16.5. The second kappa shape index (κ2) is 6.45. The molecule has 0 aromatic carbocycles. The number of ether oxygens (including phenoxy) is 1. The van der Waals surface area contributed by atoms with Crippen LogP contribution in [0.3, 0.4) is 0 Å². The van der Waals surface area contributed by atoms with Crippen molar-refractivity contribution in [3.8, 4) is 5.82 Å². The zero-order valence-corrected chi connectivity index (χ0v) is 11.6. The Hall–Kier alpha value is -2.28. The molecule has 3 heterocycles. The lowest BCUT2D eigenvalue weighted by molar-refractivity contribution is -0.123. The SMILES string of the molecule is O=C(C[C@@H]1CCCO1)NCc1ccc(-n2cncn2)nc1. The van der Waals surface area contributed by atoms with E-state index in [1.54, 1.807) is 17.2 Å². The van der Waals surface area contributed by atoms with Gasteiger partial charge in [0.2, 0.25) is 5.91 Å². The number of amides is 1. The molecule has 1 saturated heterocycles. The quantitative estimate of drug-likeness (QED) is 0.881. The molecule has 1 N–H and O–H groups in total. The molecule has 1 fully saturated rings. The Kier molecular flexibility index (Phi) is 4.20. The lowest BCUT2D eigenvalue weighted by Gasteiger charge is -2.10. The summed E-state index contributed by atoms with van der Waals surface area (Å²) in [6, 6.07) is 3.76. The molecule has 3 rings (SSSR count). The lowest BCUT2D eigenvalue weighted by atomic mass is 10.2. The van der Waals surface area contributed by atoms with Crippen LogP contribution >= 0.6 is 0 Å². The monoisotopic (exact) mass is 287 g/mol. The number of carbonyl (C=O) groups excluding carboxylic acids is 1. The maximum absolute atomic E-state index is 11.8. The number of nitrogens with zero attached hydrogens (tertiary/aromatic N) is 4. The van der Waals surface area contributed by atoms with Gasteiger partial charge >= 0.3 is 0 Å². The predicted molar refractivity (Wildman–Crippen MR) is 74.6 cm³/mol. The molecule has 7 nitrogen and oxygen atoms in total. The number of rotatable bonds is 5. The lowest BCUT2D eigenvalue weighted by Crippen LogP contribution is -2.26. The molecule has 1 aliphatic heterocycles. The molecule has 0 radical (unpaired) electrons. The van der Waals surface area contributed by atoms with Gasteiger partial charge in [0.05, 0.1) is 12.5 Å². The van der Waals surface area contributed by atoms with E-state index in [2.05, 4.69) is 20.4 Å². The molecule has 2 aromatic heterocycles. The molecule has 1 aliphatic rings. The van der Waals surface area contributed by atoms with E-state index in [-0.39, 0.29) is 12.0 Å². The van der Waals surface area contributed by atoms with Gasteiger partial charge in [-0.25, -0.2) is 14.6 Å². The van der Waals surface area contributed by atoms with Gasteiger partial charge in [0, 0.05) is 19.3 Å². The molecule has 2 aromatic rings. The fourth-order valence-electron chi connectivity index (χ4n) is 2.27. The first-order chi connectivity index (χ1) is 10.3. The summed E-state index contributed by atoms with van der Waals surface area (Å²) in [5.74, 6) is 0.712. The van der Waals surface area contributed by atoms with Gasteiger partial charge in [-0.15, -0.1) is 0 Å². The van der Waals surface area contributed by atoms with Gasteiger partial charge in [-0.3, -0.25) is 4.79 Å². The number of nitrogens with one attached hydrogen (secondary N) is 1. The van der Waals surface area contributed by atoms with Gasteiger partial charge in [0.25, 0.3) is 0 Å². The molecule has 0 unspecified atom stereocenters. The van der Waals surface area contributed by atoms with Crippen LogP contribution in [-0.2, 0) is 16.1 Å². The van der Waals surface area contributed by atoms with Crippen LogP contribution in [0.2, 0.25) is 0 Å². The van der Waals surface area contributed by atoms with Gasteiger partial charge in [-0.1, -0.05) is 6.07 Å². The maximum atomic E-state index is 11.8. The molecule has 0 spiro atoms. The van der Waals surface area contributed by atoms with Crippen molar-refractivity contribution in [2.45, 2.75) is 31.9 Å². The standard InChI is InChI=1S/C14H17N5O2/c20-14(6-12-2-1-5-21-12)17-8-11-3-4-13(16-7-11)19-10-15-9-18-19/h3-4,7,9-10,12H,1-2,5-6,8H2,(H,17,20)/t12-/m0/s1. The van der Waals surface area contributed by atoms with E-state index in [0.717, 1.165) is 25.0 Å². The first-order valence-corrected chi connectivity index (χ1v) is 6.99. The maximum Gasteiger partial charge on any atom is 0.222 e. The van der Waals surface area contributed by atoms with Crippen molar-refractivity contribution >= 4 is 5.91 Å². The smallest absolute Gasteiger partial charge is 0.222 e. The zero-order chi connectivity index (χ0) is 14.5. The minimum absolute atomic E-state index is 0.0160. The molecule has 1 atom stereocenters. The first-order valence-electron chi connectivity index (χ1n) is 6.99. The Bertz CT molecular complexity index is 576. The molecule has 110 valence electrons. The van der Waals surface area contributed by atoms with Crippen LogP contribution in [0, 0.1) is 0 Å². The van der Waals surface area contributed by atoms with Gasteiger partial charge < -0.3 is 10.1 Å². The van der Waals surface area contributed by atoms with Crippen LogP contribution in [0.15, 0.2) is 31.0 Å². The molecule has 1 amide bonds. The average Bonchev–Trinajstić information content (AvgIpc) is 3.19. The highest BCUT2D eigenvalue weighted by Gasteiger charge is 2.18. The van der Waals surface area contributed by atoms with E-state index in [9.17, 15) is 4.79 Å². The van der Waals surface area contributed by atoms with Crippen molar-refractivity contribution in [3.63, 3.8) is 0 Å². The number of carbonyl (C=O) groups is 1. The fraction of sp³-hybridized carbons (Fsp3) is 0.429. The number of hydrogen-bond donors (Lipinski definition) is 1. The highest BCUT2D eigenvalue weighted by molar-refractivity contribution is 5.76. The van der Waals surface area contributed by atoms with E-state index in [1.165, 1.54) is 6.33 Å². The summed E-state index contributed by atoms with van der Waals surface area (Å²) >= 11 is 0. The second-order valence-corrected chi connectivity index (χ2v) is 4.98. The normalized spacial score (nSPS) is 17.8. The Morgan fingerprint density at radius 2 is 2.43 bits per heavy atom. The van der Waals surface area contributed by atoms with Crippen molar-refractivity contribution in [3.05, 3.63) is 36.5 Å². The summed E-state index contributed by atoms with van der Waals surface area (Å²) in [6.45, 7) is 1.24. The van der Waals surface area contributed by atoms with Gasteiger partial charge in [-0.2, -0.15) is 5.10 Å². The first kappa shape index (κ1) is 13.7.